The van der Waals surface area contributed by atoms with Crippen LogP contribution in [-0.2, 0) is 16.4 Å². The molecule has 1 spiro atoms. The molecule has 4 nitrogen and oxygen atoms in total. The van der Waals surface area contributed by atoms with Crippen LogP contribution in [0.4, 0.5) is 8.78 Å². The van der Waals surface area contributed by atoms with Gasteiger partial charge in [-0.15, -0.1) is 0 Å². The normalized spacial score (nSPS) is 19.8. The number of hydrogen-bond acceptors (Lipinski definition) is 3. The number of fused-ring (bicyclic) bond motifs is 1. The first kappa shape index (κ1) is 17.4. The van der Waals surface area contributed by atoms with Crippen molar-refractivity contribution in [1.29, 1.82) is 0 Å². The van der Waals surface area contributed by atoms with Crippen LogP contribution in [0.1, 0.15) is 24.8 Å². The van der Waals surface area contributed by atoms with Crippen molar-refractivity contribution < 1.29 is 21.9 Å². The standard InChI is InChI=1S/C19H19F2NO3S/c20-15-11-16(21)13-17(12-15)26(23,24)22-9-7-19(8-10-22)6-5-14-3-1-2-4-18(14)25-19/h1-4,11-13H,5-10H2. The van der Waals surface area contributed by atoms with Crippen LogP contribution in [0.2, 0.25) is 0 Å². The number of hydrogen-bond donors (Lipinski definition) is 0. The third-order valence-corrected chi connectivity index (χ3v) is 7.13. The van der Waals surface area contributed by atoms with E-state index in [1.165, 1.54) is 9.87 Å². The highest BCUT2D eigenvalue weighted by Gasteiger charge is 2.42. The number of nitrogens with zero attached hydrogens (tertiary/aromatic N) is 1. The second kappa shape index (κ2) is 6.32. The maximum Gasteiger partial charge on any atom is 0.243 e. The number of para-hydroxylation sites is 1. The molecule has 2 aliphatic heterocycles. The number of piperidine rings is 1. The fourth-order valence-electron chi connectivity index (χ4n) is 3.77. The van der Waals surface area contributed by atoms with E-state index < -0.39 is 21.7 Å². The number of ether oxygens (including phenoxy) is 1. The molecule has 0 amide bonds. The molecule has 0 aromatic heterocycles. The lowest BCUT2D eigenvalue weighted by Crippen LogP contribution is -2.51. The Morgan fingerprint density at radius 2 is 1.62 bits per heavy atom. The average molecular weight is 379 g/mol. The SMILES string of the molecule is O=S(=O)(c1cc(F)cc(F)c1)N1CCC2(CCc3ccccc3O2)CC1. The molecule has 0 N–H and O–H groups in total. The van der Waals surface area contributed by atoms with Crippen LogP contribution < -0.4 is 4.74 Å². The zero-order valence-electron chi connectivity index (χ0n) is 14.1. The second-order valence-electron chi connectivity index (χ2n) is 6.90. The predicted octanol–water partition coefficient (Wildman–Crippen LogP) is 3.51. The highest BCUT2D eigenvalue weighted by molar-refractivity contribution is 7.89. The van der Waals surface area contributed by atoms with Crippen LogP contribution in [0.3, 0.4) is 0 Å². The molecule has 0 unspecified atom stereocenters. The fourth-order valence-corrected chi connectivity index (χ4v) is 5.25. The highest BCUT2D eigenvalue weighted by atomic mass is 32.2. The van der Waals surface area contributed by atoms with E-state index in [2.05, 4.69) is 0 Å². The third-order valence-electron chi connectivity index (χ3n) is 5.26. The number of benzene rings is 2. The van der Waals surface area contributed by atoms with Crippen molar-refractivity contribution in [3.8, 4) is 5.75 Å². The molecule has 2 heterocycles. The quantitative estimate of drug-likeness (QED) is 0.802. The summed E-state index contributed by atoms with van der Waals surface area (Å²) < 4.78 is 59.8. The summed E-state index contributed by atoms with van der Waals surface area (Å²) in [6.07, 6.45) is 2.85. The lowest BCUT2D eigenvalue weighted by Gasteiger charge is -2.44. The van der Waals surface area contributed by atoms with Crippen molar-refractivity contribution in [3.05, 3.63) is 59.7 Å². The van der Waals surface area contributed by atoms with E-state index in [1.807, 2.05) is 24.3 Å². The summed E-state index contributed by atoms with van der Waals surface area (Å²) in [6.45, 7) is 0.533. The van der Waals surface area contributed by atoms with E-state index in [0.717, 1.165) is 30.7 Å². The average Bonchev–Trinajstić information content (AvgIpc) is 2.61. The van der Waals surface area contributed by atoms with Crippen LogP contribution in [0.5, 0.6) is 5.75 Å². The van der Waals surface area contributed by atoms with Gasteiger partial charge in [0.25, 0.3) is 0 Å². The van der Waals surface area contributed by atoms with Crippen LogP contribution in [0, 0.1) is 11.6 Å². The molecule has 7 heteroatoms. The summed E-state index contributed by atoms with van der Waals surface area (Å²) >= 11 is 0. The summed E-state index contributed by atoms with van der Waals surface area (Å²) in [6, 6.07) is 10.3. The van der Waals surface area contributed by atoms with Crippen molar-refractivity contribution in [2.24, 2.45) is 0 Å². The Bertz CT molecular complexity index is 917. The van der Waals surface area contributed by atoms with E-state index in [9.17, 15) is 17.2 Å². The number of sulfonamides is 1. The minimum atomic E-state index is -3.93. The van der Waals surface area contributed by atoms with Crippen molar-refractivity contribution in [1.82, 2.24) is 4.31 Å². The van der Waals surface area contributed by atoms with Crippen molar-refractivity contribution in [2.45, 2.75) is 36.2 Å². The minimum absolute atomic E-state index is 0.267. The zero-order valence-corrected chi connectivity index (χ0v) is 14.9. The Hall–Kier alpha value is -1.99. The molecule has 0 atom stereocenters. The van der Waals surface area contributed by atoms with Gasteiger partial charge in [-0.25, -0.2) is 17.2 Å². The van der Waals surface area contributed by atoms with Gasteiger partial charge >= 0.3 is 0 Å². The Labute approximate surface area is 151 Å². The van der Waals surface area contributed by atoms with E-state index >= 15 is 0 Å². The summed E-state index contributed by atoms with van der Waals surface area (Å²) in [4.78, 5) is -0.346. The van der Waals surface area contributed by atoms with E-state index in [0.29, 0.717) is 18.9 Å². The Balaban J connectivity index is 1.52. The first-order valence-corrected chi connectivity index (χ1v) is 10.1. The first-order valence-electron chi connectivity index (χ1n) is 8.61. The third kappa shape index (κ3) is 3.10. The molecule has 26 heavy (non-hydrogen) atoms. The number of halogens is 2. The molecule has 0 bridgehead atoms. The molecular weight excluding hydrogens is 360 g/mol. The van der Waals surface area contributed by atoms with Crippen molar-refractivity contribution >= 4 is 10.0 Å². The highest BCUT2D eigenvalue weighted by Crippen LogP contribution is 2.40. The molecule has 2 aromatic rings. The summed E-state index contributed by atoms with van der Waals surface area (Å²) in [5.41, 5.74) is 0.802. The molecule has 2 aliphatic rings. The minimum Gasteiger partial charge on any atom is -0.487 e. The van der Waals surface area contributed by atoms with E-state index in [-0.39, 0.29) is 23.6 Å². The van der Waals surface area contributed by atoms with Gasteiger partial charge in [-0.3, -0.25) is 0 Å². The monoisotopic (exact) mass is 379 g/mol. The van der Waals surface area contributed by atoms with Gasteiger partial charge in [-0.1, -0.05) is 18.2 Å². The van der Waals surface area contributed by atoms with Gasteiger partial charge in [0.05, 0.1) is 4.90 Å². The Morgan fingerprint density at radius 1 is 0.962 bits per heavy atom. The van der Waals surface area contributed by atoms with Gasteiger partial charge in [-0.05, 0) is 36.6 Å². The van der Waals surface area contributed by atoms with Crippen LogP contribution in [-0.4, -0.2) is 31.4 Å². The molecule has 1 fully saturated rings. The Morgan fingerprint density at radius 3 is 2.31 bits per heavy atom. The second-order valence-corrected chi connectivity index (χ2v) is 8.84. The van der Waals surface area contributed by atoms with Gasteiger partial charge < -0.3 is 4.74 Å². The molecule has 138 valence electrons. The van der Waals surface area contributed by atoms with Gasteiger partial charge in [0.1, 0.15) is 23.0 Å². The lowest BCUT2D eigenvalue weighted by atomic mass is 9.84. The lowest BCUT2D eigenvalue weighted by molar-refractivity contribution is 0.00180. The van der Waals surface area contributed by atoms with Crippen molar-refractivity contribution in [2.75, 3.05) is 13.1 Å². The Kier molecular flexibility index (Phi) is 4.23. The van der Waals surface area contributed by atoms with Crippen LogP contribution in [0.25, 0.3) is 0 Å². The van der Waals surface area contributed by atoms with E-state index in [1.54, 1.807) is 0 Å². The predicted molar refractivity (Wildman–Crippen MR) is 92.5 cm³/mol. The van der Waals surface area contributed by atoms with Crippen molar-refractivity contribution in [3.63, 3.8) is 0 Å². The smallest absolute Gasteiger partial charge is 0.243 e. The molecule has 2 aromatic carbocycles. The van der Waals surface area contributed by atoms with Gasteiger partial charge in [0.15, 0.2) is 0 Å². The number of rotatable bonds is 2. The van der Waals surface area contributed by atoms with Crippen LogP contribution >= 0.6 is 0 Å². The first-order chi connectivity index (χ1) is 12.4. The topological polar surface area (TPSA) is 46.6 Å². The summed E-state index contributed by atoms with van der Waals surface area (Å²) in [5.74, 6) is -0.934. The van der Waals surface area contributed by atoms with Gasteiger partial charge in [0.2, 0.25) is 10.0 Å². The molecular formula is C19H19F2NO3S. The molecule has 0 aliphatic carbocycles. The molecule has 4 rings (SSSR count). The largest absolute Gasteiger partial charge is 0.487 e. The zero-order chi connectivity index (χ0) is 18.4. The number of aryl methyl sites for hydroxylation is 1. The molecule has 0 radical (unpaired) electrons. The van der Waals surface area contributed by atoms with Gasteiger partial charge in [-0.2, -0.15) is 4.31 Å². The molecule has 0 saturated carbocycles. The van der Waals surface area contributed by atoms with E-state index in [4.69, 9.17) is 4.74 Å². The van der Waals surface area contributed by atoms with Gasteiger partial charge in [0, 0.05) is 32.0 Å². The summed E-state index contributed by atoms with van der Waals surface area (Å²) in [7, 11) is -3.93. The summed E-state index contributed by atoms with van der Waals surface area (Å²) in [5, 5.41) is 0. The molecule has 1 saturated heterocycles. The maximum atomic E-state index is 13.4. The maximum absolute atomic E-state index is 13.4. The van der Waals surface area contributed by atoms with Crippen LogP contribution in [0.15, 0.2) is 47.4 Å². The fraction of sp³-hybridized carbons (Fsp3) is 0.368.